The summed E-state index contributed by atoms with van der Waals surface area (Å²) in [6, 6.07) is 8.09. The highest BCUT2D eigenvalue weighted by atomic mass is 16.1. The Hall–Kier alpha value is -1.15. The van der Waals surface area contributed by atoms with Crippen LogP contribution < -0.4 is 5.73 Å². The summed E-state index contributed by atoms with van der Waals surface area (Å²) >= 11 is 0. The van der Waals surface area contributed by atoms with Crippen molar-refractivity contribution in [1.29, 1.82) is 0 Å². The van der Waals surface area contributed by atoms with E-state index in [9.17, 15) is 4.79 Å². The van der Waals surface area contributed by atoms with Gasteiger partial charge in [0, 0.05) is 17.5 Å². The average molecular weight is 231 g/mol. The smallest absolute Gasteiger partial charge is 0.169 e. The van der Waals surface area contributed by atoms with Crippen molar-refractivity contribution in [3.05, 3.63) is 35.4 Å². The van der Waals surface area contributed by atoms with Gasteiger partial charge in [0.15, 0.2) is 5.78 Å². The highest BCUT2D eigenvalue weighted by Crippen LogP contribution is 2.36. The summed E-state index contributed by atoms with van der Waals surface area (Å²) < 4.78 is 0. The van der Waals surface area contributed by atoms with Crippen molar-refractivity contribution in [2.45, 2.75) is 39.0 Å². The Labute approximate surface area is 103 Å². The minimum Gasteiger partial charge on any atom is -0.329 e. The summed E-state index contributed by atoms with van der Waals surface area (Å²) in [5.41, 5.74) is 7.32. The molecule has 92 valence electrons. The van der Waals surface area contributed by atoms with Crippen LogP contribution in [0.1, 0.15) is 54.9 Å². The molecule has 1 saturated carbocycles. The highest BCUT2D eigenvalue weighted by molar-refractivity contribution is 6.00. The molecule has 2 rings (SSSR count). The predicted octanol–water partition coefficient (Wildman–Crippen LogP) is 3.12. The molecule has 17 heavy (non-hydrogen) atoms. The van der Waals surface area contributed by atoms with E-state index in [1.165, 1.54) is 24.8 Å². The second kappa shape index (κ2) is 4.61. The lowest BCUT2D eigenvalue weighted by molar-refractivity contribution is 0.0847. The number of benzene rings is 1. The van der Waals surface area contributed by atoms with Gasteiger partial charge in [-0.15, -0.1) is 0 Å². The van der Waals surface area contributed by atoms with E-state index >= 15 is 0 Å². The van der Waals surface area contributed by atoms with Gasteiger partial charge in [-0.05, 0) is 30.4 Å². The van der Waals surface area contributed by atoms with Crippen LogP contribution in [0.2, 0.25) is 0 Å². The third-order valence-corrected chi connectivity index (χ3v) is 3.85. The summed E-state index contributed by atoms with van der Waals surface area (Å²) in [5, 5.41) is 0. The van der Waals surface area contributed by atoms with E-state index in [4.69, 9.17) is 5.73 Å². The van der Waals surface area contributed by atoms with Gasteiger partial charge in [0.1, 0.15) is 0 Å². The zero-order chi connectivity index (χ0) is 12.5. The molecule has 0 unspecified atom stereocenters. The maximum Gasteiger partial charge on any atom is 0.169 e. The van der Waals surface area contributed by atoms with Gasteiger partial charge in [0.2, 0.25) is 0 Å². The summed E-state index contributed by atoms with van der Waals surface area (Å²) in [6.07, 6.45) is 3.84. The second-order valence-electron chi connectivity index (χ2n) is 5.67. The maximum atomic E-state index is 12.3. The minimum absolute atomic E-state index is 0.154. The van der Waals surface area contributed by atoms with Crippen molar-refractivity contribution in [1.82, 2.24) is 0 Å². The van der Waals surface area contributed by atoms with Crippen LogP contribution >= 0.6 is 0 Å². The van der Waals surface area contributed by atoms with Crippen molar-refractivity contribution >= 4 is 5.78 Å². The molecule has 0 heterocycles. The molecule has 1 aromatic rings. The van der Waals surface area contributed by atoms with Gasteiger partial charge >= 0.3 is 0 Å². The molecule has 0 spiro atoms. The molecule has 1 fully saturated rings. The van der Waals surface area contributed by atoms with Crippen molar-refractivity contribution in [2.75, 3.05) is 6.54 Å². The molecule has 2 N–H and O–H groups in total. The van der Waals surface area contributed by atoms with Crippen molar-refractivity contribution in [2.24, 2.45) is 11.1 Å². The van der Waals surface area contributed by atoms with E-state index < -0.39 is 5.41 Å². The molecule has 0 aliphatic heterocycles. The number of Topliss-reactive ketones (excluding diaryl/α,β-unsaturated/α-hetero) is 1. The summed E-state index contributed by atoms with van der Waals surface area (Å²) in [7, 11) is 0. The number of carbonyl (C=O) groups is 1. The molecule has 0 saturated heterocycles. The van der Waals surface area contributed by atoms with E-state index in [-0.39, 0.29) is 5.78 Å². The van der Waals surface area contributed by atoms with Gasteiger partial charge in [0.05, 0.1) is 0 Å². The number of nitrogens with two attached hydrogens (primary N) is 1. The monoisotopic (exact) mass is 231 g/mol. The van der Waals surface area contributed by atoms with E-state index in [2.05, 4.69) is 12.1 Å². The van der Waals surface area contributed by atoms with Crippen molar-refractivity contribution in [3.8, 4) is 0 Å². The van der Waals surface area contributed by atoms with E-state index in [0.717, 1.165) is 5.56 Å². The molecular weight excluding hydrogens is 210 g/mol. The first-order valence-corrected chi connectivity index (χ1v) is 6.39. The predicted molar refractivity (Wildman–Crippen MR) is 70.2 cm³/mol. The Morgan fingerprint density at radius 3 is 2.65 bits per heavy atom. The number of hydrogen-bond donors (Lipinski definition) is 1. The van der Waals surface area contributed by atoms with Gasteiger partial charge in [-0.25, -0.2) is 0 Å². The van der Waals surface area contributed by atoms with Crippen molar-refractivity contribution in [3.63, 3.8) is 0 Å². The second-order valence-corrected chi connectivity index (χ2v) is 5.67. The number of hydrogen-bond acceptors (Lipinski definition) is 2. The Morgan fingerprint density at radius 1 is 1.41 bits per heavy atom. The molecule has 2 heteroatoms. The first-order valence-electron chi connectivity index (χ1n) is 6.39. The lowest BCUT2D eigenvalue weighted by Crippen LogP contribution is -2.32. The first kappa shape index (κ1) is 12.3. The summed E-state index contributed by atoms with van der Waals surface area (Å²) in [6.45, 7) is 4.20. The third kappa shape index (κ3) is 2.42. The van der Waals surface area contributed by atoms with E-state index in [1.54, 1.807) is 0 Å². The lowest BCUT2D eigenvalue weighted by atomic mass is 9.78. The molecule has 1 aliphatic carbocycles. The van der Waals surface area contributed by atoms with E-state index in [0.29, 0.717) is 12.5 Å². The molecular formula is C15H21NO. The first-order chi connectivity index (χ1) is 8.04. The Balaban J connectivity index is 2.23. The zero-order valence-corrected chi connectivity index (χ0v) is 10.7. The van der Waals surface area contributed by atoms with Gasteiger partial charge in [-0.2, -0.15) is 0 Å². The SMILES string of the molecule is CC(C)(CN)C(=O)c1cccc(C2CCC2)c1. The molecule has 2 nitrogen and oxygen atoms in total. The van der Waals surface area contributed by atoms with Crippen LogP contribution in [-0.4, -0.2) is 12.3 Å². The molecule has 1 aliphatic rings. The van der Waals surface area contributed by atoms with Crippen molar-refractivity contribution < 1.29 is 4.79 Å². The standard InChI is InChI=1S/C15H21NO/c1-15(2,10-16)14(17)13-8-4-7-12(9-13)11-5-3-6-11/h4,7-9,11H,3,5-6,10,16H2,1-2H3. The van der Waals surface area contributed by atoms with Crippen LogP contribution in [0.4, 0.5) is 0 Å². The highest BCUT2D eigenvalue weighted by Gasteiger charge is 2.28. The number of carbonyl (C=O) groups excluding carboxylic acids is 1. The minimum atomic E-state index is -0.460. The van der Waals surface area contributed by atoms with Crippen LogP contribution in [0.3, 0.4) is 0 Å². The average Bonchev–Trinajstić information content (AvgIpc) is 2.26. The van der Waals surface area contributed by atoms with Crippen LogP contribution in [0.25, 0.3) is 0 Å². The number of rotatable bonds is 4. The lowest BCUT2D eigenvalue weighted by Gasteiger charge is -2.27. The van der Waals surface area contributed by atoms with Crippen LogP contribution in [0.15, 0.2) is 24.3 Å². The quantitative estimate of drug-likeness (QED) is 0.809. The maximum absolute atomic E-state index is 12.3. The van der Waals surface area contributed by atoms with Gasteiger partial charge in [-0.1, -0.05) is 38.5 Å². The molecule has 0 amide bonds. The Kier molecular flexibility index (Phi) is 3.34. The van der Waals surface area contributed by atoms with Gasteiger partial charge in [0.25, 0.3) is 0 Å². The van der Waals surface area contributed by atoms with Crippen LogP contribution in [0.5, 0.6) is 0 Å². The molecule has 0 aromatic heterocycles. The van der Waals surface area contributed by atoms with Gasteiger partial charge in [-0.3, -0.25) is 4.79 Å². The van der Waals surface area contributed by atoms with E-state index in [1.807, 2.05) is 26.0 Å². The fourth-order valence-electron chi connectivity index (χ4n) is 2.16. The largest absolute Gasteiger partial charge is 0.329 e. The molecule has 0 radical (unpaired) electrons. The fraction of sp³-hybridized carbons (Fsp3) is 0.533. The molecule has 0 atom stereocenters. The normalized spacial score (nSPS) is 16.6. The van der Waals surface area contributed by atoms with Crippen LogP contribution in [0, 0.1) is 5.41 Å². The molecule has 1 aromatic carbocycles. The zero-order valence-electron chi connectivity index (χ0n) is 10.7. The Bertz CT molecular complexity index is 419. The van der Waals surface area contributed by atoms with Gasteiger partial charge < -0.3 is 5.73 Å². The Morgan fingerprint density at radius 2 is 2.12 bits per heavy atom. The number of ketones is 1. The fourth-order valence-corrected chi connectivity index (χ4v) is 2.16. The summed E-state index contributed by atoms with van der Waals surface area (Å²) in [5.74, 6) is 0.824. The third-order valence-electron chi connectivity index (χ3n) is 3.85. The molecule has 0 bridgehead atoms. The topological polar surface area (TPSA) is 43.1 Å². The van der Waals surface area contributed by atoms with Crippen LogP contribution in [-0.2, 0) is 0 Å². The summed E-state index contributed by atoms with van der Waals surface area (Å²) in [4.78, 5) is 12.3.